The van der Waals surface area contributed by atoms with Gasteiger partial charge in [-0.15, -0.1) is 0 Å². The number of benzene rings is 3. The van der Waals surface area contributed by atoms with Crippen molar-refractivity contribution in [1.29, 1.82) is 0 Å². The van der Waals surface area contributed by atoms with Crippen molar-refractivity contribution in [1.82, 2.24) is 24.9 Å². The summed E-state index contributed by atoms with van der Waals surface area (Å²) in [4.78, 5) is 23.3. The van der Waals surface area contributed by atoms with Gasteiger partial charge in [0.1, 0.15) is 11.5 Å². The number of hydrogen-bond donors (Lipinski definition) is 1. The van der Waals surface area contributed by atoms with Gasteiger partial charge in [-0.1, -0.05) is 90.1 Å². The minimum absolute atomic E-state index is 0.158. The fourth-order valence-electron chi connectivity index (χ4n) is 5.16. The molecule has 7 nitrogen and oxygen atoms in total. The van der Waals surface area contributed by atoms with Crippen molar-refractivity contribution < 1.29 is 9.84 Å². The summed E-state index contributed by atoms with van der Waals surface area (Å²) in [6.07, 6.45) is 5.24. The predicted octanol–water partition coefficient (Wildman–Crippen LogP) is 9.42. The number of aromatic nitrogens is 5. The third-order valence-electron chi connectivity index (χ3n) is 7.76. The Hall–Kier alpha value is -5.43. The van der Waals surface area contributed by atoms with Gasteiger partial charge < -0.3 is 9.84 Å². The molecule has 0 saturated heterocycles. The minimum atomic E-state index is -0.299. The van der Waals surface area contributed by atoms with Crippen molar-refractivity contribution in [3.63, 3.8) is 0 Å². The number of hydrogen-bond acceptors (Lipinski definition) is 7. The molecule has 0 saturated carbocycles. The second kappa shape index (κ2) is 12.2. The lowest BCUT2D eigenvalue weighted by molar-refractivity contribution is 0.446. The van der Waals surface area contributed by atoms with E-state index >= 15 is 0 Å². The van der Waals surface area contributed by atoms with Gasteiger partial charge in [-0.2, -0.15) is 0 Å². The molecule has 0 fully saturated rings. The summed E-state index contributed by atoms with van der Waals surface area (Å²) in [5, 5.41) is 11.7. The van der Waals surface area contributed by atoms with Crippen molar-refractivity contribution in [2.75, 3.05) is 0 Å². The first-order chi connectivity index (χ1) is 22.0. The van der Waals surface area contributed by atoms with Gasteiger partial charge >= 0.3 is 0 Å². The van der Waals surface area contributed by atoms with Crippen LogP contribution in [0.15, 0.2) is 110 Å². The molecule has 3 aromatic heterocycles. The molecule has 0 amide bonds. The van der Waals surface area contributed by atoms with Crippen molar-refractivity contribution in [3.05, 3.63) is 121 Å². The van der Waals surface area contributed by atoms with E-state index in [1.54, 1.807) is 18.6 Å². The van der Waals surface area contributed by atoms with Gasteiger partial charge in [0.25, 0.3) is 0 Å². The number of aromatic hydroxyl groups is 1. The van der Waals surface area contributed by atoms with Crippen LogP contribution in [-0.2, 0) is 10.8 Å². The molecule has 46 heavy (non-hydrogen) atoms. The lowest BCUT2D eigenvalue weighted by Crippen LogP contribution is -2.17. The Kier molecular flexibility index (Phi) is 8.09. The molecule has 230 valence electrons. The van der Waals surface area contributed by atoms with Crippen LogP contribution in [0.4, 0.5) is 0 Å². The first-order valence-corrected chi connectivity index (χ1v) is 15.3. The van der Waals surface area contributed by atoms with Crippen LogP contribution >= 0.6 is 0 Å². The number of pyridine rings is 2. The molecule has 0 bridgehead atoms. The van der Waals surface area contributed by atoms with E-state index in [4.69, 9.17) is 19.7 Å². The molecule has 6 rings (SSSR count). The fraction of sp³-hybridized carbons (Fsp3) is 0.205. The van der Waals surface area contributed by atoms with Gasteiger partial charge in [-0.05, 0) is 63.9 Å². The van der Waals surface area contributed by atoms with E-state index in [0.717, 1.165) is 33.4 Å². The Morgan fingerprint density at radius 3 is 1.91 bits per heavy atom. The summed E-state index contributed by atoms with van der Waals surface area (Å²) in [6.45, 7) is 12.8. The highest BCUT2D eigenvalue weighted by atomic mass is 16.5. The van der Waals surface area contributed by atoms with E-state index in [9.17, 15) is 5.11 Å². The van der Waals surface area contributed by atoms with Crippen molar-refractivity contribution in [2.45, 2.75) is 52.4 Å². The lowest BCUT2D eigenvalue weighted by Gasteiger charge is -2.27. The first kappa shape index (κ1) is 30.6. The maximum absolute atomic E-state index is 11.7. The molecular weight excluding hydrogens is 570 g/mol. The van der Waals surface area contributed by atoms with Gasteiger partial charge in [0.2, 0.25) is 5.88 Å². The SMILES string of the molecule is CC(C)(C)c1cc(-c2nc(-c3ccccc3)nc(-c3cccc(Oc4cc(-c5ccncc5)ccn4)c3)n2)c(O)c(C(C)(C)C)c1. The number of phenolic OH excluding ortho intramolecular Hbond substituents is 1. The van der Waals surface area contributed by atoms with Gasteiger partial charge in [0.15, 0.2) is 17.5 Å². The smallest absolute Gasteiger partial charge is 0.219 e. The maximum atomic E-state index is 11.7. The maximum Gasteiger partial charge on any atom is 0.219 e. The molecule has 3 heterocycles. The molecule has 6 aromatic rings. The van der Waals surface area contributed by atoms with Crippen LogP contribution < -0.4 is 4.74 Å². The lowest BCUT2D eigenvalue weighted by atomic mass is 9.79. The zero-order valence-corrected chi connectivity index (χ0v) is 27.0. The summed E-state index contributed by atoms with van der Waals surface area (Å²) < 4.78 is 6.22. The highest BCUT2D eigenvalue weighted by Crippen LogP contribution is 2.42. The summed E-state index contributed by atoms with van der Waals surface area (Å²) in [6, 6.07) is 29.2. The first-order valence-electron chi connectivity index (χ1n) is 15.3. The van der Waals surface area contributed by atoms with E-state index < -0.39 is 0 Å². The Morgan fingerprint density at radius 1 is 0.565 bits per heavy atom. The Labute approximate surface area is 270 Å². The third-order valence-corrected chi connectivity index (χ3v) is 7.76. The standard InChI is InChI=1S/C39H37N5O2/c1-38(2,3)29-23-31(34(45)32(24-29)39(4,5)6)37-43-35(26-11-8-7-9-12-26)42-36(44-37)28-13-10-14-30(21-28)46-33-22-27(17-20-41-33)25-15-18-40-19-16-25/h7-24,45H,1-6H3. The Balaban J connectivity index is 1.46. The van der Waals surface area contributed by atoms with Crippen molar-refractivity contribution >= 4 is 0 Å². The quantitative estimate of drug-likeness (QED) is 0.202. The average Bonchev–Trinajstić information content (AvgIpc) is 3.04. The van der Waals surface area contributed by atoms with Crippen LogP contribution in [-0.4, -0.2) is 30.0 Å². The molecule has 0 radical (unpaired) electrons. The number of rotatable bonds is 6. The molecule has 0 aliphatic carbocycles. The average molecular weight is 608 g/mol. The van der Waals surface area contributed by atoms with Crippen LogP contribution in [0.25, 0.3) is 45.3 Å². The highest BCUT2D eigenvalue weighted by molar-refractivity contribution is 5.73. The number of nitrogens with zero attached hydrogens (tertiary/aromatic N) is 5. The van der Waals surface area contributed by atoms with E-state index in [1.165, 1.54) is 0 Å². The summed E-state index contributed by atoms with van der Waals surface area (Å²) >= 11 is 0. The molecule has 0 aliphatic heterocycles. The third kappa shape index (κ3) is 6.64. The summed E-state index contributed by atoms with van der Waals surface area (Å²) in [5.74, 6) is 2.60. The van der Waals surface area contributed by atoms with Gasteiger partial charge in [0, 0.05) is 41.3 Å². The second-order valence-electron chi connectivity index (χ2n) is 13.3. The van der Waals surface area contributed by atoms with Gasteiger partial charge in [0.05, 0.1) is 5.56 Å². The van der Waals surface area contributed by atoms with E-state index in [-0.39, 0.29) is 16.6 Å². The molecular formula is C39H37N5O2. The number of ether oxygens (including phenoxy) is 1. The van der Waals surface area contributed by atoms with Crippen molar-refractivity contribution in [3.8, 4) is 62.7 Å². The van der Waals surface area contributed by atoms with E-state index in [1.807, 2.05) is 84.9 Å². The molecule has 1 N–H and O–H groups in total. The van der Waals surface area contributed by atoms with Crippen LogP contribution in [0.5, 0.6) is 17.4 Å². The molecule has 0 unspecified atom stereocenters. The normalized spacial score (nSPS) is 11.8. The molecule has 3 aromatic carbocycles. The van der Waals surface area contributed by atoms with Gasteiger partial charge in [-0.3, -0.25) is 4.98 Å². The molecule has 0 atom stereocenters. The van der Waals surface area contributed by atoms with Crippen LogP contribution in [0.2, 0.25) is 0 Å². The fourth-order valence-corrected chi connectivity index (χ4v) is 5.16. The predicted molar refractivity (Wildman–Crippen MR) is 183 cm³/mol. The van der Waals surface area contributed by atoms with Crippen molar-refractivity contribution in [2.24, 2.45) is 0 Å². The minimum Gasteiger partial charge on any atom is -0.507 e. The van der Waals surface area contributed by atoms with E-state index in [2.05, 4.69) is 57.6 Å². The number of phenols is 1. The highest BCUT2D eigenvalue weighted by Gasteiger charge is 2.27. The second-order valence-corrected chi connectivity index (χ2v) is 13.3. The summed E-state index contributed by atoms with van der Waals surface area (Å²) in [5.41, 5.74) is 5.64. The molecule has 7 heteroatoms. The van der Waals surface area contributed by atoms with Crippen LogP contribution in [0.3, 0.4) is 0 Å². The molecule has 0 aliphatic rings. The Morgan fingerprint density at radius 2 is 1.22 bits per heavy atom. The Bertz CT molecular complexity index is 2000. The van der Waals surface area contributed by atoms with Crippen LogP contribution in [0.1, 0.15) is 52.7 Å². The topological polar surface area (TPSA) is 93.9 Å². The van der Waals surface area contributed by atoms with Crippen LogP contribution in [0, 0.1) is 0 Å². The van der Waals surface area contributed by atoms with E-state index in [0.29, 0.717) is 34.7 Å². The molecule has 0 spiro atoms. The summed E-state index contributed by atoms with van der Waals surface area (Å²) in [7, 11) is 0. The zero-order valence-electron chi connectivity index (χ0n) is 27.0. The monoisotopic (exact) mass is 607 g/mol. The van der Waals surface area contributed by atoms with Gasteiger partial charge in [-0.25, -0.2) is 19.9 Å². The zero-order chi connectivity index (χ0) is 32.5. The largest absolute Gasteiger partial charge is 0.507 e.